The van der Waals surface area contributed by atoms with Crippen LogP contribution in [0.4, 0.5) is 5.69 Å². The summed E-state index contributed by atoms with van der Waals surface area (Å²) in [5, 5.41) is 13.0. The second-order valence-corrected chi connectivity index (χ2v) is 6.47. The molecule has 2 heterocycles. The molecule has 2 fully saturated rings. The molecule has 5 heteroatoms. The van der Waals surface area contributed by atoms with Crippen molar-refractivity contribution in [3.63, 3.8) is 0 Å². The molecule has 0 saturated carbocycles. The Labute approximate surface area is 137 Å². The van der Waals surface area contributed by atoms with Gasteiger partial charge < -0.3 is 20.1 Å². The van der Waals surface area contributed by atoms with Crippen molar-refractivity contribution in [2.45, 2.75) is 38.3 Å². The summed E-state index contributed by atoms with van der Waals surface area (Å²) in [5.74, 6) is -0.262. The maximum absolute atomic E-state index is 12.1. The molecule has 0 spiro atoms. The van der Waals surface area contributed by atoms with Crippen LogP contribution in [0.2, 0.25) is 0 Å². The maximum Gasteiger partial charge on any atom is 0.249 e. The SMILES string of the molecule is O=C(NCc1ccc(N2CCCC2)cc1)[C@H](O)C1CCOCC1. The van der Waals surface area contributed by atoms with E-state index < -0.39 is 6.10 Å². The second-order valence-electron chi connectivity index (χ2n) is 6.47. The van der Waals surface area contributed by atoms with Gasteiger partial charge in [0.15, 0.2) is 0 Å². The lowest BCUT2D eigenvalue weighted by molar-refractivity contribution is -0.134. The van der Waals surface area contributed by atoms with Gasteiger partial charge in [0.1, 0.15) is 6.10 Å². The Morgan fingerprint density at radius 3 is 2.52 bits per heavy atom. The van der Waals surface area contributed by atoms with Gasteiger partial charge in [0, 0.05) is 38.5 Å². The van der Waals surface area contributed by atoms with Crippen molar-refractivity contribution in [2.24, 2.45) is 5.92 Å². The molecule has 5 nitrogen and oxygen atoms in total. The van der Waals surface area contributed by atoms with E-state index in [2.05, 4.69) is 34.5 Å². The highest BCUT2D eigenvalue weighted by molar-refractivity contribution is 5.80. The Morgan fingerprint density at radius 1 is 1.22 bits per heavy atom. The molecular weight excluding hydrogens is 292 g/mol. The van der Waals surface area contributed by atoms with Gasteiger partial charge >= 0.3 is 0 Å². The lowest BCUT2D eigenvalue weighted by atomic mass is 9.93. The summed E-state index contributed by atoms with van der Waals surface area (Å²) in [5.41, 5.74) is 2.31. The number of benzene rings is 1. The van der Waals surface area contributed by atoms with Gasteiger partial charge in [0.2, 0.25) is 5.91 Å². The molecule has 126 valence electrons. The molecule has 0 radical (unpaired) electrons. The number of aliphatic hydroxyl groups is 1. The fraction of sp³-hybridized carbons (Fsp3) is 0.611. The van der Waals surface area contributed by atoms with Gasteiger partial charge in [-0.2, -0.15) is 0 Å². The fourth-order valence-electron chi connectivity index (χ4n) is 3.34. The lowest BCUT2D eigenvalue weighted by Gasteiger charge is -2.26. The Bertz CT molecular complexity index is 506. The van der Waals surface area contributed by atoms with Crippen LogP contribution in [0.5, 0.6) is 0 Å². The molecule has 23 heavy (non-hydrogen) atoms. The van der Waals surface area contributed by atoms with Crippen molar-refractivity contribution < 1.29 is 14.6 Å². The number of nitrogens with zero attached hydrogens (tertiary/aromatic N) is 1. The molecule has 2 N–H and O–H groups in total. The predicted octanol–water partition coefficient (Wildman–Crippen LogP) is 1.69. The Kier molecular flexibility index (Phi) is 5.51. The highest BCUT2D eigenvalue weighted by Crippen LogP contribution is 2.21. The average molecular weight is 318 g/mol. The first-order valence-corrected chi connectivity index (χ1v) is 8.61. The van der Waals surface area contributed by atoms with Crippen molar-refractivity contribution in [3.8, 4) is 0 Å². The van der Waals surface area contributed by atoms with E-state index >= 15 is 0 Å². The van der Waals surface area contributed by atoms with E-state index in [-0.39, 0.29) is 11.8 Å². The summed E-state index contributed by atoms with van der Waals surface area (Å²) in [6.45, 7) is 3.99. The monoisotopic (exact) mass is 318 g/mol. The first-order valence-electron chi connectivity index (χ1n) is 8.61. The first-order chi connectivity index (χ1) is 11.2. The molecule has 1 atom stereocenters. The number of nitrogens with one attached hydrogen (secondary N) is 1. The molecule has 1 aromatic carbocycles. The Morgan fingerprint density at radius 2 is 1.87 bits per heavy atom. The normalized spacial score (nSPS) is 20.5. The highest BCUT2D eigenvalue weighted by atomic mass is 16.5. The quantitative estimate of drug-likeness (QED) is 0.867. The van der Waals surface area contributed by atoms with E-state index in [1.54, 1.807) is 0 Å². The van der Waals surface area contributed by atoms with Crippen LogP contribution in [0.3, 0.4) is 0 Å². The molecule has 0 aliphatic carbocycles. The number of anilines is 1. The topological polar surface area (TPSA) is 61.8 Å². The minimum absolute atomic E-state index is 0.0151. The number of hydrogen-bond acceptors (Lipinski definition) is 4. The van der Waals surface area contributed by atoms with E-state index in [0.29, 0.717) is 19.8 Å². The van der Waals surface area contributed by atoms with Crippen LogP contribution in [-0.2, 0) is 16.1 Å². The van der Waals surface area contributed by atoms with Crippen LogP contribution >= 0.6 is 0 Å². The van der Waals surface area contributed by atoms with Gasteiger partial charge in [-0.05, 0) is 49.3 Å². The van der Waals surface area contributed by atoms with E-state index in [4.69, 9.17) is 4.74 Å². The number of rotatable bonds is 5. The molecule has 2 aliphatic rings. The molecule has 0 aromatic heterocycles. The smallest absolute Gasteiger partial charge is 0.249 e. The van der Waals surface area contributed by atoms with Crippen LogP contribution in [0, 0.1) is 5.92 Å². The predicted molar refractivity (Wildman–Crippen MR) is 89.3 cm³/mol. The summed E-state index contributed by atoms with van der Waals surface area (Å²) in [4.78, 5) is 14.5. The van der Waals surface area contributed by atoms with Crippen LogP contribution < -0.4 is 10.2 Å². The maximum atomic E-state index is 12.1. The van der Waals surface area contributed by atoms with Crippen molar-refractivity contribution >= 4 is 11.6 Å². The van der Waals surface area contributed by atoms with E-state index in [0.717, 1.165) is 31.5 Å². The first kappa shape index (κ1) is 16.3. The zero-order chi connectivity index (χ0) is 16.1. The lowest BCUT2D eigenvalue weighted by Crippen LogP contribution is -2.41. The zero-order valence-corrected chi connectivity index (χ0v) is 13.5. The summed E-state index contributed by atoms with van der Waals surface area (Å²) >= 11 is 0. The second kappa shape index (κ2) is 7.79. The van der Waals surface area contributed by atoms with Gasteiger partial charge in [0.05, 0.1) is 0 Å². The molecule has 2 saturated heterocycles. The number of amides is 1. The van der Waals surface area contributed by atoms with Crippen LogP contribution in [0.25, 0.3) is 0 Å². The Balaban J connectivity index is 1.48. The number of carbonyl (C=O) groups is 1. The van der Waals surface area contributed by atoms with Gasteiger partial charge in [0.25, 0.3) is 0 Å². The summed E-state index contributed by atoms with van der Waals surface area (Å²) < 4.78 is 5.27. The highest BCUT2D eigenvalue weighted by Gasteiger charge is 2.27. The van der Waals surface area contributed by atoms with Gasteiger partial charge in [-0.1, -0.05) is 12.1 Å². The van der Waals surface area contributed by atoms with Crippen molar-refractivity contribution in [1.82, 2.24) is 5.32 Å². The van der Waals surface area contributed by atoms with Gasteiger partial charge in [-0.15, -0.1) is 0 Å². The standard InChI is InChI=1S/C18H26N2O3/c21-17(15-7-11-23-12-8-15)18(22)19-13-14-3-5-16(6-4-14)20-9-1-2-10-20/h3-6,15,17,21H,1-2,7-13H2,(H,19,22)/t17-/m1/s1. The van der Waals surface area contributed by atoms with E-state index in [1.807, 2.05) is 0 Å². The van der Waals surface area contributed by atoms with Crippen LogP contribution in [-0.4, -0.2) is 43.4 Å². The fourth-order valence-corrected chi connectivity index (χ4v) is 3.34. The minimum Gasteiger partial charge on any atom is -0.383 e. The van der Waals surface area contributed by atoms with E-state index in [1.165, 1.54) is 18.5 Å². The minimum atomic E-state index is -0.928. The number of hydrogen-bond donors (Lipinski definition) is 2. The zero-order valence-electron chi connectivity index (χ0n) is 13.5. The average Bonchev–Trinajstić information content (AvgIpc) is 3.15. The summed E-state index contributed by atoms with van der Waals surface area (Å²) in [6, 6.07) is 8.33. The third-order valence-electron chi connectivity index (χ3n) is 4.86. The molecule has 1 aromatic rings. The molecule has 0 bridgehead atoms. The van der Waals surface area contributed by atoms with Crippen molar-refractivity contribution in [2.75, 3.05) is 31.2 Å². The van der Waals surface area contributed by atoms with Crippen LogP contribution in [0.15, 0.2) is 24.3 Å². The number of carbonyl (C=O) groups excluding carboxylic acids is 1. The number of ether oxygens (including phenoxy) is 1. The van der Waals surface area contributed by atoms with Crippen molar-refractivity contribution in [1.29, 1.82) is 0 Å². The molecular formula is C18H26N2O3. The largest absolute Gasteiger partial charge is 0.383 e. The van der Waals surface area contributed by atoms with E-state index in [9.17, 15) is 9.90 Å². The Hall–Kier alpha value is -1.59. The third-order valence-corrected chi connectivity index (χ3v) is 4.86. The van der Waals surface area contributed by atoms with Crippen molar-refractivity contribution in [3.05, 3.63) is 29.8 Å². The third kappa shape index (κ3) is 4.24. The summed E-state index contributed by atoms with van der Waals surface area (Å²) in [6.07, 6.45) is 3.10. The molecule has 0 unspecified atom stereocenters. The van der Waals surface area contributed by atoms with Gasteiger partial charge in [-0.3, -0.25) is 4.79 Å². The molecule has 2 aliphatic heterocycles. The summed E-state index contributed by atoms with van der Waals surface area (Å²) in [7, 11) is 0. The molecule has 3 rings (SSSR count). The number of aliphatic hydroxyl groups excluding tert-OH is 1. The van der Waals surface area contributed by atoms with Gasteiger partial charge in [-0.25, -0.2) is 0 Å². The van der Waals surface area contributed by atoms with Crippen LogP contribution in [0.1, 0.15) is 31.2 Å². The molecule has 1 amide bonds.